The number of nitrogens with two attached hydrogens (primary N) is 1. The average Bonchev–Trinajstić information content (AvgIpc) is 2.45. The second kappa shape index (κ2) is 2.61. The first kappa shape index (κ1) is 8.33. The molecule has 0 amide bonds. The van der Waals surface area contributed by atoms with Crippen LogP contribution in [0.25, 0.3) is 0 Å². The van der Waals surface area contributed by atoms with Crippen molar-refractivity contribution in [3.8, 4) is 0 Å². The van der Waals surface area contributed by atoms with Gasteiger partial charge in [-0.25, -0.2) is 9.44 Å². The smallest absolute Gasteiger partial charge is 0.300 e. The third kappa shape index (κ3) is 1.34. The van der Waals surface area contributed by atoms with Crippen molar-refractivity contribution < 1.29 is 8.42 Å². The zero-order chi connectivity index (χ0) is 9.47. The van der Waals surface area contributed by atoms with Gasteiger partial charge in [-0.05, 0) is 12.1 Å². The zero-order valence-corrected chi connectivity index (χ0v) is 7.58. The summed E-state index contributed by atoms with van der Waals surface area (Å²) in [4.78, 5) is 0. The molecule has 0 saturated heterocycles. The summed E-state index contributed by atoms with van der Waals surface area (Å²) >= 11 is 0. The van der Waals surface area contributed by atoms with Crippen molar-refractivity contribution in [3.63, 3.8) is 0 Å². The highest BCUT2D eigenvalue weighted by Crippen LogP contribution is 2.31. The average molecular weight is 199 g/mol. The highest BCUT2D eigenvalue weighted by atomic mass is 32.2. The molecule has 70 valence electrons. The lowest BCUT2D eigenvalue weighted by atomic mass is 10.3. The number of nitrogens with zero attached hydrogens (tertiary/aromatic N) is 1. The molecule has 0 spiro atoms. The van der Waals surface area contributed by atoms with E-state index in [-0.39, 0.29) is 6.67 Å². The van der Waals surface area contributed by atoms with Gasteiger partial charge < -0.3 is 5.32 Å². The molecule has 3 N–H and O–H groups in total. The molecule has 0 fully saturated rings. The van der Waals surface area contributed by atoms with Gasteiger partial charge in [-0.2, -0.15) is 8.42 Å². The molecule has 0 unspecified atom stereocenters. The predicted molar refractivity (Wildman–Crippen MR) is 50.5 cm³/mol. The Balaban J connectivity index is 2.51. The normalized spacial score (nSPS) is 15.3. The molecule has 0 radical (unpaired) electrons. The van der Waals surface area contributed by atoms with E-state index in [9.17, 15) is 8.42 Å². The van der Waals surface area contributed by atoms with Gasteiger partial charge in [0.15, 0.2) is 0 Å². The highest BCUT2D eigenvalue weighted by molar-refractivity contribution is 7.90. The van der Waals surface area contributed by atoms with Gasteiger partial charge in [-0.3, -0.25) is 0 Å². The van der Waals surface area contributed by atoms with E-state index in [2.05, 4.69) is 5.32 Å². The number of fused-ring (bicyclic) bond motifs is 1. The maximum atomic E-state index is 11.1. The van der Waals surface area contributed by atoms with Crippen LogP contribution in [0.15, 0.2) is 24.3 Å². The van der Waals surface area contributed by atoms with E-state index >= 15 is 0 Å². The van der Waals surface area contributed by atoms with Gasteiger partial charge >= 0.3 is 10.2 Å². The van der Waals surface area contributed by atoms with Gasteiger partial charge in [0.1, 0.15) is 6.67 Å². The summed E-state index contributed by atoms with van der Waals surface area (Å²) < 4.78 is 23.2. The standard InChI is InChI=1S/C7H9N3O2S/c8-13(11,12)10-5-9-6-3-1-2-4-7(6)10/h1-4,9H,5H2,(H2,8,11,12). The van der Waals surface area contributed by atoms with Crippen LogP contribution in [0.3, 0.4) is 0 Å². The molecule has 0 atom stereocenters. The molecule has 6 heteroatoms. The Morgan fingerprint density at radius 1 is 1.38 bits per heavy atom. The molecular weight excluding hydrogens is 190 g/mol. The van der Waals surface area contributed by atoms with Crippen LogP contribution in [0.2, 0.25) is 0 Å². The SMILES string of the molecule is NS(=O)(=O)N1CNc2ccccc21. The third-order valence-corrected chi connectivity index (χ3v) is 2.83. The maximum absolute atomic E-state index is 11.1. The van der Waals surface area contributed by atoms with Gasteiger partial charge in [0.05, 0.1) is 11.4 Å². The lowest BCUT2D eigenvalue weighted by molar-refractivity contribution is 0.595. The molecule has 0 bridgehead atoms. The van der Waals surface area contributed by atoms with Gasteiger partial charge in [-0.15, -0.1) is 0 Å². The van der Waals surface area contributed by atoms with Crippen LogP contribution >= 0.6 is 0 Å². The Hall–Kier alpha value is -1.27. The summed E-state index contributed by atoms with van der Waals surface area (Å²) in [5.41, 5.74) is 1.39. The predicted octanol–water partition coefficient (Wildman–Crippen LogP) is 0.0795. The largest absolute Gasteiger partial charge is 0.365 e. The second-order valence-electron chi connectivity index (χ2n) is 2.75. The van der Waals surface area contributed by atoms with Crippen LogP contribution < -0.4 is 14.8 Å². The number of hydrogen-bond donors (Lipinski definition) is 2. The Morgan fingerprint density at radius 3 is 2.77 bits per heavy atom. The summed E-state index contributed by atoms with van der Waals surface area (Å²) in [5.74, 6) is 0. The number of hydrogen-bond acceptors (Lipinski definition) is 3. The van der Waals surface area contributed by atoms with Crippen molar-refractivity contribution in [2.45, 2.75) is 0 Å². The Kier molecular flexibility index (Phi) is 1.67. The number of rotatable bonds is 1. The topological polar surface area (TPSA) is 75.4 Å². The van der Waals surface area contributed by atoms with E-state index in [1.165, 1.54) is 0 Å². The molecule has 2 rings (SSSR count). The van der Waals surface area contributed by atoms with E-state index in [1.807, 2.05) is 6.07 Å². The molecule has 13 heavy (non-hydrogen) atoms. The van der Waals surface area contributed by atoms with Crippen molar-refractivity contribution in [3.05, 3.63) is 24.3 Å². The van der Waals surface area contributed by atoms with Gasteiger partial charge in [0.2, 0.25) is 0 Å². The summed E-state index contributed by atoms with van der Waals surface area (Å²) in [6.45, 7) is 0.207. The molecule has 1 aliphatic heterocycles. The molecular formula is C7H9N3O2S. The molecule has 0 aromatic heterocycles. The van der Waals surface area contributed by atoms with Crippen molar-refractivity contribution in [1.82, 2.24) is 0 Å². The first-order valence-electron chi connectivity index (χ1n) is 3.72. The quantitative estimate of drug-likeness (QED) is 0.672. The van der Waals surface area contributed by atoms with Crippen LogP contribution in [0.4, 0.5) is 11.4 Å². The Morgan fingerprint density at radius 2 is 2.08 bits per heavy atom. The minimum atomic E-state index is -3.65. The van der Waals surface area contributed by atoms with Crippen LogP contribution in [0.5, 0.6) is 0 Å². The summed E-state index contributed by atoms with van der Waals surface area (Å²) in [6.07, 6.45) is 0. The van der Waals surface area contributed by atoms with Crippen molar-refractivity contribution in [2.75, 3.05) is 16.3 Å². The minimum absolute atomic E-state index is 0.207. The van der Waals surface area contributed by atoms with Crippen LogP contribution in [0, 0.1) is 0 Å². The first-order valence-corrected chi connectivity index (χ1v) is 5.23. The number of nitrogens with one attached hydrogen (secondary N) is 1. The van der Waals surface area contributed by atoms with Gasteiger partial charge in [-0.1, -0.05) is 12.1 Å². The molecule has 1 heterocycles. The van der Waals surface area contributed by atoms with Crippen molar-refractivity contribution >= 4 is 21.6 Å². The van der Waals surface area contributed by atoms with Gasteiger partial charge in [0.25, 0.3) is 0 Å². The highest BCUT2D eigenvalue weighted by Gasteiger charge is 2.25. The first-order chi connectivity index (χ1) is 6.09. The minimum Gasteiger partial charge on any atom is -0.365 e. The molecule has 0 aliphatic carbocycles. The van der Waals surface area contributed by atoms with E-state index in [1.54, 1.807) is 18.2 Å². The summed E-state index contributed by atoms with van der Waals surface area (Å²) in [5, 5.41) is 7.94. The molecule has 1 aromatic rings. The fourth-order valence-corrected chi connectivity index (χ4v) is 1.99. The Labute approximate surface area is 76.3 Å². The third-order valence-electron chi connectivity index (χ3n) is 1.89. The maximum Gasteiger partial charge on any atom is 0.300 e. The van der Waals surface area contributed by atoms with E-state index in [4.69, 9.17) is 5.14 Å². The molecule has 1 aliphatic rings. The summed E-state index contributed by atoms with van der Waals surface area (Å²) in [7, 11) is -3.65. The monoisotopic (exact) mass is 199 g/mol. The molecule has 1 aromatic carbocycles. The molecule has 0 saturated carbocycles. The van der Waals surface area contributed by atoms with Crippen LogP contribution in [-0.2, 0) is 10.2 Å². The van der Waals surface area contributed by atoms with Gasteiger partial charge in [0, 0.05) is 0 Å². The van der Waals surface area contributed by atoms with Crippen molar-refractivity contribution in [2.24, 2.45) is 5.14 Å². The van der Waals surface area contributed by atoms with E-state index in [0.29, 0.717) is 5.69 Å². The fraction of sp³-hybridized carbons (Fsp3) is 0.143. The number of benzene rings is 1. The second-order valence-corrected chi connectivity index (χ2v) is 4.22. The summed E-state index contributed by atoms with van der Waals surface area (Å²) in [6, 6.07) is 7.11. The zero-order valence-electron chi connectivity index (χ0n) is 6.77. The van der Waals surface area contributed by atoms with Crippen LogP contribution in [-0.4, -0.2) is 15.1 Å². The number of para-hydroxylation sites is 2. The van der Waals surface area contributed by atoms with E-state index in [0.717, 1.165) is 9.99 Å². The lowest BCUT2D eigenvalue weighted by Crippen LogP contribution is -2.36. The van der Waals surface area contributed by atoms with Crippen molar-refractivity contribution in [1.29, 1.82) is 0 Å². The van der Waals surface area contributed by atoms with Crippen LogP contribution in [0.1, 0.15) is 0 Å². The lowest BCUT2D eigenvalue weighted by Gasteiger charge is -2.13. The molecule has 5 nitrogen and oxygen atoms in total. The fourth-order valence-electron chi connectivity index (χ4n) is 1.31. The Bertz CT molecular complexity index is 429. The van der Waals surface area contributed by atoms with E-state index < -0.39 is 10.2 Å². The number of anilines is 2.